The molecule has 0 spiro atoms. The molecule has 0 radical (unpaired) electrons. The number of aromatic hydroxyl groups is 2. The Hall–Kier alpha value is -2.67. The van der Waals surface area contributed by atoms with Crippen LogP contribution in [0.15, 0.2) is 47.2 Å². The first kappa shape index (κ1) is 15.2. The zero-order chi connectivity index (χ0) is 16.8. The summed E-state index contributed by atoms with van der Waals surface area (Å²) < 4.78 is 51.8. The van der Waals surface area contributed by atoms with Crippen molar-refractivity contribution in [1.82, 2.24) is 0 Å². The maximum absolute atomic E-state index is 14.1. The molecular weight excluding hydrogens is 326 g/mol. The molecule has 0 aromatic heterocycles. The van der Waals surface area contributed by atoms with Crippen LogP contribution in [0.1, 0.15) is 11.1 Å². The van der Waals surface area contributed by atoms with E-state index in [9.17, 15) is 27.4 Å². The second-order valence-electron chi connectivity index (χ2n) is 4.98. The zero-order valence-corrected chi connectivity index (χ0v) is 12.3. The van der Waals surface area contributed by atoms with Gasteiger partial charge < -0.3 is 10.2 Å². The van der Waals surface area contributed by atoms with Crippen LogP contribution in [0.3, 0.4) is 0 Å². The number of halogens is 2. The molecule has 118 valence electrons. The Kier molecular flexibility index (Phi) is 3.45. The van der Waals surface area contributed by atoms with Gasteiger partial charge in [-0.1, -0.05) is 0 Å². The van der Waals surface area contributed by atoms with Gasteiger partial charge in [0.15, 0.2) is 9.84 Å². The predicted octanol–water partition coefficient (Wildman–Crippen LogP) is 3.19. The summed E-state index contributed by atoms with van der Waals surface area (Å²) in [4.78, 5) is 0. The number of phenols is 2. The van der Waals surface area contributed by atoms with Crippen LogP contribution < -0.4 is 0 Å². The lowest BCUT2D eigenvalue weighted by Crippen LogP contribution is -1.94. The molecule has 0 fully saturated rings. The van der Waals surface area contributed by atoms with Gasteiger partial charge in [0.25, 0.3) is 0 Å². The molecule has 0 aliphatic carbocycles. The van der Waals surface area contributed by atoms with Crippen LogP contribution >= 0.6 is 0 Å². The fraction of sp³-hybridized carbons (Fsp3) is 0. The molecule has 1 aliphatic heterocycles. The van der Waals surface area contributed by atoms with Crippen molar-refractivity contribution in [3.05, 3.63) is 70.0 Å². The molecule has 23 heavy (non-hydrogen) atoms. The number of rotatable bonds is 2. The van der Waals surface area contributed by atoms with Crippen molar-refractivity contribution in [2.45, 2.75) is 0 Å². The van der Waals surface area contributed by atoms with Gasteiger partial charge in [-0.3, -0.25) is 0 Å². The molecule has 4 nitrogen and oxygen atoms in total. The third-order valence-electron chi connectivity index (χ3n) is 3.34. The average Bonchev–Trinajstić information content (AvgIpc) is 2.74. The number of phenolic OH excluding ortho intramolecular Hbond substituents is 2. The lowest BCUT2D eigenvalue weighted by molar-refractivity contribution is 0.468. The van der Waals surface area contributed by atoms with Crippen LogP contribution in [0.25, 0.3) is 11.1 Å². The summed E-state index contributed by atoms with van der Waals surface area (Å²) >= 11 is 0. The minimum Gasteiger partial charge on any atom is -0.508 e. The molecule has 2 aromatic rings. The van der Waals surface area contributed by atoms with Gasteiger partial charge in [-0.25, -0.2) is 17.2 Å². The van der Waals surface area contributed by atoms with Crippen LogP contribution in [-0.4, -0.2) is 18.6 Å². The first-order valence-corrected chi connectivity index (χ1v) is 8.04. The predicted molar refractivity (Wildman–Crippen MR) is 81.0 cm³/mol. The lowest BCUT2D eigenvalue weighted by Gasteiger charge is -2.11. The fourth-order valence-electron chi connectivity index (χ4n) is 2.35. The average molecular weight is 336 g/mol. The Bertz CT molecular complexity index is 902. The summed E-state index contributed by atoms with van der Waals surface area (Å²) in [6, 6.07) is 6.51. The number of sulfone groups is 1. The maximum atomic E-state index is 14.1. The van der Waals surface area contributed by atoms with Crippen LogP contribution in [-0.2, 0) is 9.84 Å². The molecule has 1 heterocycles. The summed E-state index contributed by atoms with van der Waals surface area (Å²) in [6.45, 7) is 0. The molecular formula is C16H10F2O4S. The molecule has 3 rings (SSSR count). The summed E-state index contributed by atoms with van der Waals surface area (Å²) in [5.74, 6) is -2.29. The molecule has 0 saturated carbocycles. The highest BCUT2D eigenvalue weighted by Gasteiger charge is 2.26. The van der Waals surface area contributed by atoms with E-state index < -0.39 is 21.5 Å². The zero-order valence-electron chi connectivity index (χ0n) is 11.5. The normalized spacial score (nSPS) is 16.1. The second-order valence-corrected chi connectivity index (χ2v) is 6.63. The van der Waals surface area contributed by atoms with E-state index in [4.69, 9.17) is 0 Å². The first-order chi connectivity index (χ1) is 10.8. The van der Waals surface area contributed by atoms with Gasteiger partial charge in [-0.2, -0.15) is 0 Å². The van der Waals surface area contributed by atoms with E-state index in [-0.39, 0.29) is 33.8 Å². The molecule has 0 bridgehead atoms. The fourth-order valence-corrected chi connectivity index (χ4v) is 3.58. The van der Waals surface area contributed by atoms with Crippen molar-refractivity contribution in [2.75, 3.05) is 0 Å². The van der Waals surface area contributed by atoms with Crippen molar-refractivity contribution in [2.24, 2.45) is 0 Å². The quantitative estimate of drug-likeness (QED) is 0.883. The minimum absolute atomic E-state index is 0.0212. The van der Waals surface area contributed by atoms with Gasteiger partial charge in [0.1, 0.15) is 23.1 Å². The highest BCUT2D eigenvalue weighted by Crippen LogP contribution is 2.40. The standard InChI is InChI=1S/C16H10F2O4S/c17-15-5-9(19)1-3-11(15)13-7-23(21,22)8-14(13)12-4-2-10(20)6-16(12)18/h1-8,19-20H. The number of benzene rings is 2. The van der Waals surface area contributed by atoms with Crippen LogP contribution in [0.4, 0.5) is 8.78 Å². The van der Waals surface area contributed by atoms with E-state index in [2.05, 4.69) is 0 Å². The molecule has 0 unspecified atom stereocenters. The van der Waals surface area contributed by atoms with Gasteiger partial charge in [-0.15, -0.1) is 0 Å². The van der Waals surface area contributed by atoms with E-state index in [1.807, 2.05) is 0 Å². The third kappa shape index (κ3) is 2.83. The van der Waals surface area contributed by atoms with Crippen LogP contribution in [0.5, 0.6) is 11.5 Å². The van der Waals surface area contributed by atoms with E-state index in [1.54, 1.807) is 0 Å². The lowest BCUT2D eigenvalue weighted by atomic mass is 9.94. The van der Waals surface area contributed by atoms with Crippen molar-refractivity contribution in [1.29, 1.82) is 0 Å². The summed E-state index contributed by atoms with van der Waals surface area (Å²) in [6.07, 6.45) is 0. The van der Waals surface area contributed by atoms with Crippen LogP contribution in [0, 0.1) is 11.6 Å². The van der Waals surface area contributed by atoms with E-state index in [0.29, 0.717) is 0 Å². The van der Waals surface area contributed by atoms with Crippen molar-refractivity contribution >= 4 is 21.0 Å². The number of hydrogen-bond acceptors (Lipinski definition) is 4. The number of hydrogen-bond donors (Lipinski definition) is 2. The van der Waals surface area contributed by atoms with Gasteiger partial charge >= 0.3 is 0 Å². The Labute approximate surface area is 130 Å². The van der Waals surface area contributed by atoms with E-state index >= 15 is 0 Å². The molecule has 7 heteroatoms. The van der Waals surface area contributed by atoms with Crippen LogP contribution in [0.2, 0.25) is 0 Å². The molecule has 0 atom stereocenters. The molecule has 2 aromatic carbocycles. The number of allylic oxidation sites excluding steroid dienone is 2. The van der Waals surface area contributed by atoms with Gasteiger partial charge in [0.05, 0.1) is 0 Å². The first-order valence-electron chi connectivity index (χ1n) is 6.43. The van der Waals surface area contributed by atoms with Crippen molar-refractivity contribution in [3.8, 4) is 11.5 Å². The largest absolute Gasteiger partial charge is 0.508 e. The Morgan fingerprint density at radius 1 is 0.739 bits per heavy atom. The maximum Gasteiger partial charge on any atom is 0.194 e. The van der Waals surface area contributed by atoms with Gasteiger partial charge in [-0.05, 0) is 24.3 Å². The van der Waals surface area contributed by atoms with Gasteiger partial charge in [0, 0.05) is 45.2 Å². The summed E-state index contributed by atoms with van der Waals surface area (Å²) in [5, 5.41) is 20.2. The minimum atomic E-state index is -3.78. The summed E-state index contributed by atoms with van der Waals surface area (Å²) in [7, 11) is -3.78. The van der Waals surface area contributed by atoms with E-state index in [0.717, 1.165) is 22.9 Å². The Morgan fingerprint density at radius 2 is 1.13 bits per heavy atom. The van der Waals surface area contributed by atoms with Crippen molar-refractivity contribution in [3.63, 3.8) is 0 Å². The van der Waals surface area contributed by atoms with Gasteiger partial charge in [0.2, 0.25) is 0 Å². The smallest absolute Gasteiger partial charge is 0.194 e. The second kappa shape index (κ2) is 5.20. The molecule has 2 N–H and O–H groups in total. The highest BCUT2D eigenvalue weighted by atomic mass is 32.2. The highest BCUT2D eigenvalue weighted by molar-refractivity contribution is 7.97. The SMILES string of the molecule is O=S1(=O)C=C(c2ccc(O)cc2F)C(c2ccc(O)cc2F)=C1. The monoisotopic (exact) mass is 336 g/mol. The van der Waals surface area contributed by atoms with E-state index in [1.165, 1.54) is 24.3 Å². The Balaban J connectivity index is 2.21. The third-order valence-corrected chi connectivity index (χ3v) is 4.47. The molecule has 0 amide bonds. The van der Waals surface area contributed by atoms with Crippen molar-refractivity contribution < 1.29 is 27.4 Å². The molecule has 0 saturated heterocycles. The summed E-state index contributed by atoms with van der Waals surface area (Å²) in [5.41, 5.74) is -0.204. The Morgan fingerprint density at radius 3 is 1.48 bits per heavy atom. The topological polar surface area (TPSA) is 74.6 Å². The molecule has 1 aliphatic rings.